The van der Waals surface area contributed by atoms with Crippen LogP contribution in [0, 0.1) is 11.6 Å². The van der Waals surface area contributed by atoms with Gasteiger partial charge in [0, 0.05) is 11.6 Å². The molecule has 0 aromatic heterocycles. The lowest BCUT2D eigenvalue weighted by Crippen LogP contribution is -2.57. The average molecular weight is 257 g/mol. The maximum Gasteiger partial charge on any atom is 0.251 e. The summed E-state index contributed by atoms with van der Waals surface area (Å²) >= 11 is 0. The van der Waals surface area contributed by atoms with Gasteiger partial charge in [-0.3, -0.25) is 4.79 Å². The largest absolute Gasteiger partial charge is 0.388 e. The molecule has 2 N–H and O–H groups in total. The zero-order valence-electron chi connectivity index (χ0n) is 10.8. The molecule has 1 rings (SSSR count). The predicted molar refractivity (Wildman–Crippen MR) is 64.2 cm³/mol. The van der Waals surface area contributed by atoms with Crippen LogP contribution < -0.4 is 5.32 Å². The number of carbonyl (C=O) groups excluding carboxylic acids is 1. The van der Waals surface area contributed by atoms with Gasteiger partial charge in [0.05, 0.1) is 11.1 Å². The molecule has 100 valence electrons. The Balaban J connectivity index is 2.96. The number of rotatable bonds is 3. The molecule has 0 aliphatic carbocycles. The molecule has 1 amide bonds. The van der Waals surface area contributed by atoms with E-state index in [-0.39, 0.29) is 5.56 Å². The van der Waals surface area contributed by atoms with E-state index in [9.17, 15) is 18.7 Å². The standard InChI is InChI=1S/C13H17F2NO2/c1-12(2,13(3,4)18)16-11(17)8-5-9(14)7-10(15)6-8/h5-7,18H,1-4H3,(H,16,17). The quantitative estimate of drug-likeness (QED) is 0.872. The van der Waals surface area contributed by atoms with Crippen LogP contribution >= 0.6 is 0 Å². The number of hydrogen-bond acceptors (Lipinski definition) is 2. The van der Waals surface area contributed by atoms with Gasteiger partial charge < -0.3 is 10.4 Å². The highest BCUT2D eigenvalue weighted by Gasteiger charge is 2.36. The first-order valence-corrected chi connectivity index (χ1v) is 5.54. The Bertz CT molecular complexity index is 444. The molecular formula is C13H17F2NO2. The van der Waals surface area contributed by atoms with Gasteiger partial charge in [0.1, 0.15) is 11.6 Å². The zero-order chi connectivity index (χ0) is 14.1. The Morgan fingerprint density at radius 1 is 1.11 bits per heavy atom. The van der Waals surface area contributed by atoms with Crippen molar-refractivity contribution >= 4 is 5.91 Å². The van der Waals surface area contributed by atoms with Crippen LogP contribution in [-0.4, -0.2) is 22.2 Å². The van der Waals surface area contributed by atoms with Crippen molar-refractivity contribution in [2.75, 3.05) is 0 Å². The number of carbonyl (C=O) groups is 1. The maximum absolute atomic E-state index is 13.0. The van der Waals surface area contributed by atoms with Crippen molar-refractivity contribution in [1.29, 1.82) is 0 Å². The van der Waals surface area contributed by atoms with E-state index in [1.807, 2.05) is 0 Å². The van der Waals surface area contributed by atoms with Crippen molar-refractivity contribution < 1.29 is 18.7 Å². The van der Waals surface area contributed by atoms with Gasteiger partial charge in [-0.25, -0.2) is 8.78 Å². The number of amides is 1. The fourth-order valence-electron chi connectivity index (χ4n) is 1.19. The molecular weight excluding hydrogens is 240 g/mol. The summed E-state index contributed by atoms with van der Waals surface area (Å²) in [6.45, 7) is 6.33. The van der Waals surface area contributed by atoms with E-state index in [2.05, 4.69) is 5.32 Å². The molecule has 0 heterocycles. The minimum absolute atomic E-state index is 0.121. The van der Waals surface area contributed by atoms with Gasteiger partial charge >= 0.3 is 0 Å². The molecule has 0 spiro atoms. The summed E-state index contributed by atoms with van der Waals surface area (Å²) in [4.78, 5) is 11.9. The third kappa shape index (κ3) is 3.26. The molecule has 0 aliphatic heterocycles. The van der Waals surface area contributed by atoms with Gasteiger partial charge in [-0.15, -0.1) is 0 Å². The summed E-state index contributed by atoms with van der Waals surface area (Å²) in [5.74, 6) is -2.28. The minimum Gasteiger partial charge on any atom is -0.388 e. The molecule has 1 aromatic carbocycles. The third-order valence-corrected chi connectivity index (χ3v) is 3.08. The number of hydrogen-bond donors (Lipinski definition) is 2. The van der Waals surface area contributed by atoms with E-state index in [1.54, 1.807) is 27.7 Å². The SMILES string of the molecule is CC(C)(O)C(C)(C)NC(=O)c1cc(F)cc(F)c1. The highest BCUT2D eigenvalue weighted by Crippen LogP contribution is 2.21. The summed E-state index contributed by atoms with van der Waals surface area (Å²) in [5.41, 5.74) is -2.23. The number of benzene rings is 1. The Morgan fingerprint density at radius 3 is 1.94 bits per heavy atom. The molecule has 0 unspecified atom stereocenters. The average Bonchev–Trinajstić information content (AvgIpc) is 2.13. The van der Waals surface area contributed by atoms with E-state index < -0.39 is 28.7 Å². The van der Waals surface area contributed by atoms with Crippen molar-refractivity contribution in [3.63, 3.8) is 0 Å². The minimum atomic E-state index is -1.17. The van der Waals surface area contributed by atoms with Crippen molar-refractivity contribution in [1.82, 2.24) is 5.32 Å². The monoisotopic (exact) mass is 257 g/mol. The summed E-state index contributed by atoms with van der Waals surface area (Å²) < 4.78 is 26.0. The second-order valence-electron chi connectivity index (χ2n) is 5.30. The second kappa shape index (κ2) is 4.65. The Morgan fingerprint density at radius 2 is 1.56 bits per heavy atom. The summed E-state index contributed by atoms with van der Waals surface area (Å²) in [7, 11) is 0. The fourth-order valence-corrected chi connectivity index (χ4v) is 1.19. The summed E-state index contributed by atoms with van der Waals surface area (Å²) in [6.07, 6.45) is 0. The van der Waals surface area contributed by atoms with Crippen molar-refractivity contribution in [2.24, 2.45) is 0 Å². The molecule has 0 radical (unpaired) electrons. The molecule has 0 atom stereocenters. The van der Waals surface area contributed by atoms with E-state index in [4.69, 9.17) is 0 Å². The Hall–Kier alpha value is -1.49. The molecule has 0 saturated carbocycles. The molecule has 0 bridgehead atoms. The van der Waals surface area contributed by atoms with Crippen LogP contribution in [0.1, 0.15) is 38.1 Å². The zero-order valence-corrected chi connectivity index (χ0v) is 10.8. The highest BCUT2D eigenvalue weighted by atomic mass is 19.1. The molecule has 0 fully saturated rings. The Labute approximate surface area is 105 Å². The molecule has 0 saturated heterocycles. The molecule has 3 nitrogen and oxygen atoms in total. The normalized spacial score (nSPS) is 12.4. The van der Waals surface area contributed by atoms with Crippen molar-refractivity contribution in [3.8, 4) is 0 Å². The van der Waals surface area contributed by atoms with Crippen LogP contribution in [0.3, 0.4) is 0 Å². The van der Waals surface area contributed by atoms with E-state index in [0.29, 0.717) is 6.07 Å². The van der Waals surface area contributed by atoms with Gasteiger partial charge in [-0.1, -0.05) is 0 Å². The number of nitrogens with one attached hydrogen (secondary N) is 1. The highest BCUT2D eigenvalue weighted by molar-refractivity contribution is 5.94. The van der Waals surface area contributed by atoms with Crippen LogP contribution in [-0.2, 0) is 0 Å². The molecule has 5 heteroatoms. The van der Waals surface area contributed by atoms with Crippen molar-refractivity contribution in [2.45, 2.75) is 38.8 Å². The summed E-state index contributed by atoms with van der Waals surface area (Å²) in [5, 5.41) is 12.4. The van der Waals surface area contributed by atoms with E-state index >= 15 is 0 Å². The summed E-state index contributed by atoms with van der Waals surface area (Å²) in [6, 6.07) is 2.58. The lowest BCUT2D eigenvalue weighted by atomic mass is 9.86. The van der Waals surface area contributed by atoms with E-state index in [0.717, 1.165) is 12.1 Å². The van der Waals surface area contributed by atoms with Gasteiger partial charge in [-0.2, -0.15) is 0 Å². The van der Waals surface area contributed by atoms with Gasteiger partial charge in [-0.05, 0) is 39.8 Å². The molecule has 18 heavy (non-hydrogen) atoms. The first kappa shape index (κ1) is 14.6. The molecule has 1 aromatic rings. The van der Waals surface area contributed by atoms with Gasteiger partial charge in [0.15, 0.2) is 0 Å². The lowest BCUT2D eigenvalue weighted by molar-refractivity contribution is -0.00293. The molecule has 0 aliphatic rings. The number of halogens is 2. The predicted octanol–water partition coefficient (Wildman–Crippen LogP) is 2.24. The topological polar surface area (TPSA) is 49.3 Å². The fraction of sp³-hybridized carbons (Fsp3) is 0.462. The van der Waals surface area contributed by atoms with Crippen LogP contribution in [0.15, 0.2) is 18.2 Å². The van der Waals surface area contributed by atoms with E-state index in [1.165, 1.54) is 0 Å². The van der Waals surface area contributed by atoms with Crippen LogP contribution in [0.5, 0.6) is 0 Å². The van der Waals surface area contributed by atoms with Crippen LogP contribution in [0.4, 0.5) is 8.78 Å². The van der Waals surface area contributed by atoms with Crippen LogP contribution in [0.25, 0.3) is 0 Å². The smallest absolute Gasteiger partial charge is 0.251 e. The van der Waals surface area contributed by atoms with Crippen molar-refractivity contribution in [3.05, 3.63) is 35.4 Å². The van der Waals surface area contributed by atoms with Gasteiger partial charge in [0.2, 0.25) is 0 Å². The first-order valence-electron chi connectivity index (χ1n) is 5.54. The second-order valence-corrected chi connectivity index (χ2v) is 5.30. The third-order valence-electron chi connectivity index (χ3n) is 3.08. The lowest BCUT2D eigenvalue weighted by Gasteiger charge is -2.38. The van der Waals surface area contributed by atoms with Gasteiger partial charge in [0.25, 0.3) is 5.91 Å². The first-order chi connectivity index (χ1) is 8.03. The number of aliphatic hydroxyl groups is 1. The maximum atomic E-state index is 13.0. The Kier molecular flexibility index (Phi) is 3.76. The van der Waals surface area contributed by atoms with Crippen LogP contribution in [0.2, 0.25) is 0 Å².